The van der Waals surface area contributed by atoms with Crippen LogP contribution in [-0.4, -0.2) is 22.7 Å². The van der Waals surface area contributed by atoms with Crippen LogP contribution in [0.15, 0.2) is 54.6 Å². The van der Waals surface area contributed by atoms with Gasteiger partial charge in [0, 0.05) is 10.9 Å². The van der Waals surface area contributed by atoms with Gasteiger partial charge in [0.25, 0.3) is 0 Å². The highest BCUT2D eigenvalue weighted by Gasteiger charge is 2.31. The van der Waals surface area contributed by atoms with Crippen molar-refractivity contribution < 1.29 is 9.90 Å². The third-order valence-electron chi connectivity index (χ3n) is 4.34. The zero-order valence-corrected chi connectivity index (χ0v) is 13.2. The molecule has 24 heavy (non-hydrogen) atoms. The summed E-state index contributed by atoms with van der Waals surface area (Å²) in [5.41, 5.74) is 3.86. The second-order valence-corrected chi connectivity index (χ2v) is 5.93. The maximum Gasteiger partial charge on any atom is 0.326 e. The van der Waals surface area contributed by atoms with Gasteiger partial charge in [0.15, 0.2) is 0 Å². The van der Waals surface area contributed by atoms with Crippen LogP contribution in [0.3, 0.4) is 0 Å². The molecule has 0 aliphatic carbocycles. The molecule has 2 N–H and O–H groups in total. The monoisotopic (exact) mass is 319 g/mol. The summed E-state index contributed by atoms with van der Waals surface area (Å²) in [6, 6.07) is 16.9. The number of carbonyl (C=O) groups excluding carboxylic acids is 1. The first-order chi connectivity index (χ1) is 11.6. The third-order valence-corrected chi connectivity index (χ3v) is 4.34. The predicted molar refractivity (Wildman–Crippen MR) is 94.2 cm³/mol. The molecule has 1 atom stereocenters. The molecule has 1 aliphatic rings. The van der Waals surface area contributed by atoms with E-state index in [0.29, 0.717) is 5.69 Å². The zero-order chi connectivity index (χ0) is 16.7. The van der Waals surface area contributed by atoms with Crippen LogP contribution >= 0.6 is 0 Å². The van der Waals surface area contributed by atoms with Crippen LogP contribution in [0.2, 0.25) is 0 Å². The van der Waals surface area contributed by atoms with Crippen molar-refractivity contribution in [1.82, 2.24) is 4.98 Å². The lowest BCUT2D eigenvalue weighted by Gasteiger charge is -2.19. The van der Waals surface area contributed by atoms with Gasteiger partial charge < -0.3 is 10.4 Å². The Labute approximate surface area is 139 Å². The number of urea groups is 1. The summed E-state index contributed by atoms with van der Waals surface area (Å²) in [4.78, 5) is 18.8. The standard InChI is InChI=1S/C19H17N3O2/c1-12-16(10-13-6-2-4-8-15(13)20-12)21-19(24)22-11-18(23)14-7-3-5-9-17(14)22/h2-10,18,23H,11H2,1H3,(H,21,24). The molecule has 1 unspecified atom stereocenters. The first-order valence-electron chi connectivity index (χ1n) is 7.85. The fourth-order valence-electron chi connectivity index (χ4n) is 3.10. The third kappa shape index (κ3) is 2.39. The molecule has 0 bridgehead atoms. The van der Waals surface area contributed by atoms with Crippen molar-refractivity contribution in [2.75, 3.05) is 16.8 Å². The molecular formula is C19H17N3O2. The number of β-amino-alcohol motifs (C(OH)–C–C–N with tert-alkyl or cyclic N) is 1. The summed E-state index contributed by atoms with van der Waals surface area (Å²) in [5, 5.41) is 14.0. The van der Waals surface area contributed by atoms with Crippen LogP contribution in [0.25, 0.3) is 10.9 Å². The quantitative estimate of drug-likeness (QED) is 0.720. The molecule has 2 aromatic carbocycles. The lowest BCUT2D eigenvalue weighted by Crippen LogP contribution is -2.34. The van der Waals surface area contributed by atoms with E-state index in [1.54, 1.807) is 4.90 Å². The van der Waals surface area contributed by atoms with Crippen molar-refractivity contribution in [2.45, 2.75) is 13.0 Å². The average molecular weight is 319 g/mol. The number of fused-ring (bicyclic) bond motifs is 2. The number of aliphatic hydroxyl groups is 1. The van der Waals surface area contributed by atoms with Crippen LogP contribution < -0.4 is 10.2 Å². The molecule has 0 saturated carbocycles. The van der Waals surface area contributed by atoms with Gasteiger partial charge in [-0.2, -0.15) is 0 Å². The van der Waals surface area contributed by atoms with Crippen molar-refractivity contribution in [3.05, 3.63) is 65.9 Å². The Morgan fingerprint density at radius 2 is 1.96 bits per heavy atom. The molecule has 0 spiro atoms. The number of hydrogen-bond donors (Lipinski definition) is 2. The molecule has 0 radical (unpaired) electrons. The summed E-state index contributed by atoms with van der Waals surface area (Å²) in [6.07, 6.45) is -0.650. The van der Waals surface area contributed by atoms with Gasteiger partial charge in [-0.1, -0.05) is 36.4 Å². The van der Waals surface area contributed by atoms with Crippen LogP contribution in [0.4, 0.5) is 16.2 Å². The largest absolute Gasteiger partial charge is 0.386 e. The van der Waals surface area contributed by atoms with Crippen LogP contribution in [0, 0.1) is 6.92 Å². The number of benzene rings is 2. The Morgan fingerprint density at radius 3 is 2.83 bits per heavy atom. The van der Waals surface area contributed by atoms with Crippen LogP contribution in [0.5, 0.6) is 0 Å². The van der Waals surface area contributed by atoms with Gasteiger partial charge in [0.05, 0.1) is 35.2 Å². The topological polar surface area (TPSA) is 65.5 Å². The van der Waals surface area contributed by atoms with E-state index < -0.39 is 6.10 Å². The van der Waals surface area contributed by atoms with Gasteiger partial charge in [0.2, 0.25) is 0 Å². The lowest BCUT2D eigenvalue weighted by molar-refractivity contribution is 0.193. The minimum atomic E-state index is -0.650. The molecule has 4 rings (SSSR count). The van der Waals surface area contributed by atoms with Crippen LogP contribution in [0.1, 0.15) is 17.4 Å². The lowest BCUT2D eigenvalue weighted by atomic mass is 10.1. The second kappa shape index (κ2) is 5.62. The number of nitrogens with one attached hydrogen (secondary N) is 1. The molecular weight excluding hydrogens is 302 g/mol. The average Bonchev–Trinajstić information content (AvgIpc) is 2.93. The number of anilines is 2. The molecule has 120 valence electrons. The van der Waals surface area contributed by atoms with Gasteiger partial charge in [-0.05, 0) is 25.1 Å². The van der Waals surface area contributed by atoms with Crippen molar-refractivity contribution >= 4 is 28.3 Å². The highest BCUT2D eigenvalue weighted by Crippen LogP contribution is 2.34. The minimum Gasteiger partial charge on any atom is -0.386 e. The van der Waals surface area contributed by atoms with Crippen LogP contribution in [-0.2, 0) is 0 Å². The van der Waals surface area contributed by atoms with E-state index >= 15 is 0 Å². The summed E-state index contributed by atoms with van der Waals surface area (Å²) in [7, 11) is 0. The summed E-state index contributed by atoms with van der Waals surface area (Å²) >= 11 is 0. The molecule has 0 fully saturated rings. The Bertz CT molecular complexity index is 939. The number of hydrogen-bond acceptors (Lipinski definition) is 3. The molecule has 3 aromatic rings. The fourth-order valence-corrected chi connectivity index (χ4v) is 3.10. The number of nitrogens with zero attached hydrogens (tertiary/aromatic N) is 2. The molecule has 5 nitrogen and oxygen atoms in total. The zero-order valence-electron chi connectivity index (χ0n) is 13.2. The Balaban J connectivity index is 1.64. The van der Waals surface area contributed by atoms with E-state index in [2.05, 4.69) is 10.3 Å². The molecule has 2 amide bonds. The van der Waals surface area contributed by atoms with Crippen molar-refractivity contribution in [1.29, 1.82) is 0 Å². The highest BCUT2D eigenvalue weighted by molar-refractivity contribution is 6.04. The highest BCUT2D eigenvalue weighted by atomic mass is 16.3. The Morgan fingerprint density at radius 1 is 1.21 bits per heavy atom. The SMILES string of the molecule is Cc1nc2ccccc2cc1NC(=O)N1CC(O)c2ccccc21. The maximum absolute atomic E-state index is 12.7. The number of amides is 2. The van der Waals surface area contributed by atoms with Gasteiger partial charge in [-0.3, -0.25) is 9.88 Å². The summed E-state index contributed by atoms with van der Waals surface area (Å²) in [6.45, 7) is 2.13. The molecule has 2 heterocycles. The molecule has 1 aliphatic heterocycles. The summed E-state index contributed by atoms with van der Waals surface area (Å²) in [5.74, 6) is 0. The van der Waals surface area contributed by atoms with E-state index in [1.165, 1.54) is 0 Å². The number of aromatic nitrogens is 1. The number of para-hydroxylation sites is 2. The second-order valence-electron chi connectivity index (χ2n) is 5.93. The van der Waals surface area contributed by atoms with E-state index in [-0.39, 0.29) is 12.6 Å². The number of carbonyl (C=O) groups is 1. The number of aryl methyl sites for hydroxylation is 1. The van der Waals surface area contributed by atoms with E-state index in [9.17, 15) is 9.90 Å². The van der Waals surface area contributed by atoms with E-state index in [0.717, 1.165) is 27.8 Å². The first-order valence-corrected chi connectivity index (χ1v) is 7.85. The van der Waals surface area contributed by atoms with Crippen molar-refractivity contribution in [3.63, 3.8) is 0 Å². The fraction of sp³-hybridized carbons (Fsp3) is 0.158. The molecule has 1 aromatic heterocycles. The number of aliphatic hydroxyl groups excluding tert-OH is 1. The van der Waals surface area contributed by atoms with Gasteiger partial charge in [0.1, 0.15) is 0 Å². The van der Waals surface area contributed by atoms with Crippen molar-refractivity contribution in [3.8, 4) is 0 Å². The van der Waals surface area contributed by atoms with E-state index in [4.69, 9.17) is 0 Å². The Hall–Kier alpha value is -2.92. The maximum atomic E-state index is 12.7. The first kappa shape index (κ1) is 14.7. The Kier molecular flexibility index (Phi) is 3.43. The minimum absolute atomic E-state index is 0.255. The number of rotatable bonds is 1. The molecule has 0 saturated heterocycles. The normalized spacial score (nSPS) is 16.2. The van der Waals surface area contributed by atoms with Gasteiger partial charge in [-0.25, -0.2) is 4.79 Å². The predicted octanol–water partition coefficient (Wildman–Crippen LogP) is 3.63. The van der Waals surface area contributed by atoms with Crippen molar-refractivity contribution in [2.24, 2.45) is 0 Å². The van der Waals surface area contributed by atoms with Gasteiger partial charge >= 0.3 is 6.03 Å². The number of pyridine rings is 1. The van der Waals surface area contributed by atoms with Gasteiger partial charge in [-0.15, -0.1) is 0 Å². The smallest absolute Gasteiger partial charge is 0.326 e. The summed E-state index contributed by atoms with van der Waals surface area (Å²) < 4.78 is 0. The van der Waals surface area contributed by atoms with E-state index in [1.807, 2.05) is 61.5 Å². The molecule has 5 heteroatoms.